The number of rotatable bonds is 5. The average molecular weight is 171 g/mol. The van der Waals surface area contributed by atoms with Crippen molar-refractivity contribution in [3.05, 3.63) is 12.7 Å². The van der Waals surface area contributed by atoms with Crippen LogP contribution in [0.3, 0.4) is 0 Å². The second kappa shape index (κ2) is 4.93. The highest BCUT2D eigenvalue weighted by Gasteiger charge is 2.21. The maximum absolute atomic E-state index is 10.7. The van der Waals surface area contributed by atoms with Crippen molar-refractivity contribution in [1.82, 2.24) is 5.32 Å². The summed E-state index contributed by atoms with van der Waals surface area (Å²) in [6.45, 7) is 9.21. The monoisotopic (exact) mass is 171 g/mol. The summed E-state index contributed by atoms with van der Waals surface area (Å²) in [5.41, 5.74) is 0. The van der Waals surface area contributed by atoms with Gasteiger partial charge < -0.3 is 5.11 Å². The van der Waals surface area contributed by atoms with Gasteiger partial charge in [0.1, 0.15) is 6.04 Å². The normalized spacial score (nSPS) is 15.7. The summed E-state index contributed by atoms with van der Waals surface area (Å²) in [4.78, 5) is 10.7. The van der Waals surface area contributed by atoms with E-state index in [-0.39, 0.29) is 12.0 Å². The molecule has 0 aromatic carbocycles. The van der Waals surface area contributed by atoms with Gasteiger partial charge in [0.05, 0.1) is 0 Å². The predicted octanol–water partition coefficient (Wildman–Crippen LogP) is 1.26. The molecule has 0 heterocycles. The highest BCUT2D eigenvalue weighted by Crippen LogP contribution is 2.02. The second-order valence-corrected chi connectivity index (χ2v) is 3.25. The van der Waals surface area contributed by atoms with Crippen LogP contribution < -0.4 is 5.32 Å². The van der Waals surface area contributed by atoms with Crippen LogP contribution in [0.5, 0.6) is 0 Å². The SMILES string of the molecule is C=CC(C)NC(C(=O)O)C(C)C. The van der Waals surface area contributed by atoms with Gasteiger partial charge in [-0.1, -0.05) is 19.9 Å². The number of nitrogens with one attached hydrogen (secondary N) is 1. The van der Waals surface area contributed by atoms with E-state index >= 15 is 0 Å². The van der Waals surface area contributed by atoms with E-state index in [1.807, 2.05) is 20.8 Å². The summed E-state index contributed by atoms with van der Waals surface area (Å²) in [6, 6.07) is -0.452. The van der Waals surface area contributed by atoms with Crippen molar-refractivity contribution in [3.8, 4) is 0 Å². The van der Waals surface area contributed by atoms with Crippen LogP contribution in [0.2, 0.25) is 0 Å². The van der Waals surface area contributed by atoms with Gasteiger partial charge in [-0.3, -0.25) is 10.1 Å². The molecular weight excluding hydrogens is 154 g/mol. The molecule has 0 aromatic heterocycles. The van der Waals surface area contributed by atoms with Crippen molar-refractivity contribution in [1.29, 1.82) is 0 Å². The van der Waals surface area contributed by atoms with Gasteiger partial charge in [-0.2, -0.15) is 0 Å². The summed E-state index contributed by atoms with van der Waals surface area (Å²) in [7, 11) is 0. The van der Waals surface area contributed by atoms with E-state index < -0.39 is 12.0 Å². The van der Waals surface area contributed by atoms with Crippen LogP contribution in [0, 0.1) is 5.92 Å². The minimum Gasteiger partial charge on any atom is -0.480 e. The second-order valence-electron chi connectivity index (χ2n) is 3.25. The van der Waals surface area contributed by atoms with Crippen LogP contribution in [-0.4, -0.2) is 23.2 Å². The minimum atomic E-state index is -0.807. The van der Waals surface area contributed by atoms with Gasteiger partial charge in [0, 0.05) is 6.04 Å². The number of hydrogen-bond donors (Lipinski definition) is 2. The smallest absolute Gasteiger partial charge is 0.320 e. The number of hydrogen-bond acceptors (Lipinski definition) is 2. The highest BCUT2D eigenvalue weighted by atomic mass is 16.4. The van der Waals surface area contributed by atoms with Crippen molar-refractivity contribution in [2.45, 2.75) is 32.9 Å². The molecule has 0 rings (SSSR count). The lowest BCUT2D eigenvalue weighted by Gasteiger charge is -2.20. The Balaban J connectivity index is 4.13. The Kier molecular flexibility index (Phi) is 4.59. The molecule has 0 saturated carbocycles. The summed E-state index contributed by atoms with van der Waals surface area (Å²) in [5, 5.41) is 11.7. The van der Waals surface area contributed by atoms with Gasteiger partial charge in [-0.25, -0.2) is 0 Å². The first-order chi connectivity index (χ1) is 5.49. The summed E-state index contributed by atoms with van der Waals surface area (Å²) in [6.07, 6.45) is 1.69. The summed E-state index contributed by atoms with van der Waals surface area (Å²) >= 11 is 0. The van der Waals surface area contributed by atoms with Gasteiger partial charge in [0.2, 0.25) is 0 Å². The van der Waals surface area contributed by atoms with Crippen LogP contribution >= 0.6 is 0 Å². The van der Waals surface area contributed by atoms with Gasteiger partial charge in [-0.15, -0.1) is 6.58 Å². The van der Waals surface area contributed by atoms with E-state index in [1.54, 1.807) is 6.08 Å². The lowest BCUT2D eigenvalue weighted by atomic mass is 10.0. The zero-order valence-electron chi connectivity index (χ0n) is 7.87. The maximum atomic E-state index is 10.7. The first kappa shape index (κ1) is 11.2. The van der Waals surface area contributed by atoms with E-state index in [0.29, 0.717) is 0 Å². The van der Waals surface area contributed by atoms with Crippen LogP contribution in [-0.2, 0) is 4.79 Å². The molecule has 0 bridgehead atoms. The van der Waals surface area contributed by atoms with Crippen molar-refractivity contribution in [2.75, 3.05) is 0 Å². The van der Waals surface area contributed by atoms with Gasteiger partial charge in [0.25, 0.3) is 0 Å². The predicted molar refractivity (Wildman–Crippen MR) is 49.1 cm³/mol. The van der Waals surface area contributed by atoms with Crippen molar-refractivity contribution in [2.24, 2.45) is 5.92 Å². The molecule has 0 aliphatic heterocycles. The molecule has 2 N–H and O–H groups in total. The Labute approximate surface area is 73.5 Å². The molecule has 0 fully saturated rings. The van der Waals surface area contributed by atoms with E-state index in [2.05, 4.69) is 11.9 Å². The van der Waals surface area contributed by atoms with E-state index in [0.717, 1.165) is 0 Å². The first-order valence-electron chi connectivity index (χ1n) is 4.10. The lowest BCUT2D eigenvalue weighted by molar-refractivity contribution is -0.140. The molecule has 0 amide bonds. The molecule has 0 spiro atoms. The Morgan fingerprint density at radius 1 is 1.50 bits per heavy atom. The highest BCUT2D eigenvalue weighted by molar-refractivity contribution is 5.73. The molecule has 0 radical (unpaired) electrons. The molecule has 0 aliphatic carbocycles. The molecule has 2 atom stereocenters. The Hall–Kier alpha value is -0.830. The Morgan fingerprint density at radius 3 is 2.25 bits per heavy atom. The first-order valence-corrected chi connectivity index (χ1v) is 4.10. The Morgan fingerprint density at radius 2 is 2.00 bits per heavy atom. The van der Waals surface area contributed by atoms with Gasteiger partial charge >= 0.3 is 5.97 Å². The quantitative estimate of drug-likeness (QED) is 0.612. The van der Waals surface area contributed by atoms with E-state index in [4.69, 9.17) is 5.11 Å². The fraction of sp³-hybridized carbons (Fsp3) is 0.667. The van der Waals surface area contributed by atoms with Crippen molar-refractivity contribution >= 4 is 5.97 Å². The molecule has 0 aromatic rings. The van der Waals surface area contributed by atoms with Crippen molar-refractivity contribution < 1.29 is 9.90 Å². The topological polar surface area (TPSA) is 49.3 Å². The van der Waals surface area contributed by atoms with Crippen LogP contribution in [0.1, 0.15) is 20.8 Å². The fourth-order valence-electron chi connectivity index (χ4n) is 0.900. The zero-order valence-corrected chi connectivity index (χ0v) is 7.87. The average Bonchev–Trinajstić information content (AvgIpc) is 1.98. The number of aliphatic carboxylic acids is 1. The molecule has 3 heteroatoms. The Bertz CT molecular complexity index is 166. The molecule has 12 heavy (non-hydrogen) atoms. The largest absolute Gasteiger partial charge is 0.480 e. The molecule has 3 nitrogen and oxygen atoms in total. The third-order valence-electron chi connectivity index (χ3n) is 1.73. The maximum Gasteiger partial charge on any atom is 0.320 e. The molecule has 70 valence electrons. The van der Waals surface area contributed by atoms with E-state index in [9.17, 15) is 4.79 Å². The molecule has 0 saturated heterocycles. The standard InChI is InChI=1S/C9H17NO2/c1-5-7(4)10-8(6(2)3)9(11)12/h5-8,10H,1H2,2-4H3,(H,11,12). The molecule has 0 aliphatic rings. The van der Waals surface area contributed by atoms with Crippen LogP contribution in [0.25, 0.3) is 0 Å². The number of carbonyl (C=O) groups is 1. The van der Waals surface area contributed by atoms with Crippen molar-refractivity contribution in [3.63, 3.8) is 0 Å². The molecular formula is C9H17NO2. The lowest BCUT2D eigenvalue weighted by Crippen LogP contribution is -2.44. The third-order valence-corrected chi connectivity index (χ3v) is 1.73. The number of carboxylic acid groups (broad SMARTS) is 1. The van der Waals surface area contributed by atoms with Crippen LogP contribution in [0.15, 0.2) is 12.7 Å². The third kappa shape index (κ3) is 3.53. The van der Waals surface area contributed by atoms with Gasteiger partial charge in [0.15, 0.2) is 0 Å². The fourth-order valence-corrected chi connectivity index (χ4v) is 0.900. The summed E-state index contributed by atoms with van der Waals surface area (Å²) < 4.78 is 0. The zero-order chi connectivity index (χ0) is 9.72. The summed E-state index contributed by atoms with van der Waals surface area (Å²) in [5.74, 6) is -0.719. The molecule has 2 unspecified atom stereocenters. The van der Waals surface area contributed by atoms with Gasteiger partial charge in [-0.05, 0) is 12.8 Å². The number of carboxylic acids is 1. The minimum absolute atomic E-state index is 0.0356. The van der Waals surface area contributed by atoms with Crippen LogP contribution in [0.4, 0.5) is 0 Å². The van der Waals surface area contributed by atoms with E-state index in [1.165, 1.54) is 0 Å².